The third kappa shape index (κ3) is 4.69. The highest BCUT2D eigenvalue weighted by atomic mass is 35.5. The van der Waals surface area contributed by atoms with Gasteiger partial charge in [0.1, 0.15) is 5.75 Å². The Morgan fingerprint density at radius 1 is 1.29 bits per heavy atom. The first-order chi connectivity index (χ1) is 10.1. The molecule has 2 aromatic rings. The standard InChI is InChI=1S/C16H16ClNO2S/c1-11(14-7-2-3-8-15(14)17)18-16(20)10-21-13-6-4-5-12(19)9-13/h2-9,11,19H,10H2,1H3,(H,18,20). The number of hydrogen-bond donors (Lipinski definition) is 2. The highest BCUT2D eigenvalue weighted by Gasteiger charge is 2.12. The minimum Gasteiger partial charge on any atom is -0.508 e. The lowest BCUT2D eigenvalue weighted by Crippen LogP contribution is -2.28. The summed E-state index contributed by atoms with van der Waals surface area (Å²) >= 11 is 7.49. The molecule has 0 heterocycles. The molecule has 21 heavy (non-hydrogen) atoms. The quantitative estimate of drug-likeness (QED) is 0.818. The van der Waals surface area contributed by atoms with Gasteiger partial charge >= 0.3 is 0 Å². The lowest BCUT2D eigenvalue weighted by atomic mass is 10.1. The van der Waals surface area contributed by atoms with Gasteiger partial charge in [0.05, 0.1) is 11.8 Å². The minimum absolute atomic E-state index is 0.0734. The van der Waals surface area contributed by atoms with E-state index in [-0.39, 0.29) is 23.5 Å². The van der Waals surface area contributed by atoms with Gasteiger partial charge in [-0.3, -0.25) is 4.79 Å². The molecule has 3 nitrogen and oxygen atoms in total. The van der Waals surface area contributed by atoms with E-state index in [1.165, 1.54) is 11.8 Å². The van der Waals surface area contributed by atoms with E-state index < -0.39 is 0 Å². The van der Waals surface area contributed by atoms with Crippen LogP contribution in [-0.4, -0.2) is 16.8 Å². The first kappa shape index (κ1) is 15.7. The molecule has 0 saturated carbocycles. The number of carbonyl (C=O) groups excluding carboxylic acids is 1. The van der Waals surface area contributed by atoms with Crippen molar-refractivity contribution in [2.75, 3.05) is 5.75 Å². The van der Waals surface area contributed by atoms with Crippen LogP contribution in [0.25, 0.3) is 0 Å². The van der Waals surface area contributed by atoms with Crippen molar-refractivity contribution < 1.29 is 9.90 Å². The Balaban J connectivity index is 1.89. The first-order valence-corrected chi connectivity index (χ1v) is 7.88. The molecule has 0 spiro atoms. The normalized spacial score (nSPS) is 11.9. The lowest BCUT2D eigenvalue weighted by Gasteiger charge is -2.15. The number of carbonyl (C=O) groups is 1. The maximum atomic E-state index is 12.0. The highest BCUT2D eigenvalue weighted by Crippen LogP contribution is 2.24. The summed E-state index contributed by atoms with van der Waals surface area (Å²) in [5.41, 5.74) is 0.898. The van der Waals surface area contributed by atoms with Crippen LogP contribution in [0, 0.1) is 0 Å². The number of benzene rings is 2. The molecule has 0 aliphatic carbocycles. The fourth-order valence-electron chi connectivity index (χ4n) is 1.91. The SMILES string of the molecule is CC(NC(=O)CSc1cccc(O)c1)c1ccccc1Cl. The molecule has 0 aliphatic rings. The van der Waals surface area contributed by atoms with Crippen LogP contribution >= 0.6 is 23.4 Å². The number of phenolic OH excluding ortho intramolecular Hbond substituents is 1. The van der Waals surface area contributed by atoms with Crippen molar-refractivity contribution in [2.45, 2.75) is 17.9 Å². The summed E-state index contributed by atoms with van der Waals surface area (Å²) in [6, 6.07) is 14.2. The van der Waals surface area contributed by atoms with Crippen LogP contribution in [0.5, 0.6) is 5.75 Å². The van der Waals surface area contributed by atoms with Gasteiger partial charge in [0.2, 0.25) is 5.91 Å². The van der Waals surface area contributed by atoms with Crippen LogP contribution in [0.15, 0.2) is 53.4 Å². The second-order valence-electron chi connectivity index (χ2n) is 4.60. The van der Waals surface area contributed by atoms with Crippen molar-refractivity contribution in [1.82, 2.24) is 5.32 Å². The minimum atomic E-state index is -0.143. The van der Waals surface area contributed by atoms with Gasteiger partial charge in [-0.1, -0.05) is 35.9 Å². The van der Waals surface area contributed by atoms with Gasteiger partial charge in [0.25, 0.3) is 0 Å². The Kier molecular flexibility index (Phi) is 5.53. The number of hydrogen-bond acceptors (Lipinski definition) is 3. The number of halogens is 1. The maximum Gasteiger partial charge on any atom is 0.230 e. The Bertz CT molecular complexity index is 633. The van der Waals surface area contributed by atoms with Crippen molar-refractivity contribution in [3.8, 4) is 5.75 Å². The van der Waals surface area contributed by atoms with Gasteiger partial charge in [-0.25, -0.2) is 0 Å². The fraction of sp³-hybridized carbons (Fsp3) is 0.188. The molecule has 2 aromatic carbocycles. The Morgan fingerprint density at radius 2 is 2.05 bits per heavy atom. The van der Waals surface area contributed by atoms with Crippen molar-refractivity contribution in [1.29, 1.82) is 0 Å². The molecule has 2 N–H and O–H groups in total. The van der Waals surface area contributed by atoms with Crippen LogP contribution in [0.1, 0.15) is 18.5 Å². The average Bonchev–Trinajstić information content (AvgIpc) is 2.45. The largest absolute Gasteiger partial charge is 0.508 e. The van der Waals surface area contributed by atoms with E-state index in [2.05, 4.69) is 5.32 Å². The Morgan fingerprint density at radius 3 is 2.76 bits per heavy atom. The van der Waals surface area contributed by atoms with E-state index >= 15 is 0 Å². The Hall–Kier alpha value is -1.65. The summed E-state index contributed by atoms with van der Waals surface area (Å²) in [4.78, 5) is 12.8. The summed E-state index contributed by atoms with van der Waals surface area (Å²) in [6.45, 7) is 1.90. The zero-order valence-corrected chi connectivity index (χ0v) is 13.1. The molecular weight excluding hydrogens is 306 g/mol. The van der Waals surface area contributed by atoms with Gasteiger partial charge in [-0.15, -0.1) is 11.8 Å². The number of phenols is 1. The number of nitrogens with one attached hydrogen (secondary N) is 1. The van der Waals surface area contributed by atoms with Gasteiger partial charge in [0, 0.05) is 9.92 Å². The van der Waals surface area contributed by atoms with E-state index in [0.717, 1.165) is 10.5 Å². The van der Waals surface area contributed by atoms with Gasteiger partial charge in [-0.05, 0) is 36.8 Å². The Labute approximate surface area is 133 Å². The molecule has 0 radical (unpaired) electrons. The zero-order valence-electron chi connectivity index (χ0n) is 11.5. The van der Waals surface area contributed by atoms with Crippen molar-refractivity contribution >= 4 is 29.3 Å². The van der Waals surface area contributed by atoms with E-state index in [1.54, 1.807) is 24.3 Å². The van der Waals surface area contributed by atoms with Gasteiger partial charge < -0.3 is 10.4 Å². The third-order valence-corrected chi connectivity index (χ3v) is 4.27. The van der Waals surface area contributed by atoms with Crippen LogP contribution in [0.4, 0.5) is 0 Å². The van der Waals surface area contributed by atoms with E-state index in [1.807, 2.05) is 31.2 Å². The zero-order chi connectivity index (χ0) is 15.2. The topological polar surface area (TPSA) is 49.3 Å². The van der Waals surface area contributed by atoms with Crippen molar-refractivity contribution in [3.05, 3.63) is 59.1 Å². The summed E-state index contributed by atoms with van der Waals surface area (Å²) in [5, 5.41) is 12.9. The monoisotopic (exact) mass is 321 g/mol. The molecule has 5 heteroatoms. The maximum absolute atomic E-state index is 12.0. The molecule has 0 bridgehead atoms. The van der Waals surface area contributed by atoms with Crippen molar-refractivity contribution in [3.63, 3.8) is 0 Å². The molecule has 0 aromatic heterocycles. The van der Waals surface area contributed by atoms with Crippen LogP contribution in [0.3, 0.4) is 0 Å². The number of amides is 1. The lowest BCUT2D eigenvalue weighted by molar-refractivity contribution is -0.119. The number of thioether (sulfide) groups is 1. The smallest absolute Gasteiger partial charge is 0.230 e. The van der Waals surface area contributed by atoms with Crippen LogP contribution in [-0.2, 0) is 4.79 Å². The number of rotatable bonds is 5. The summed E-state index contributed by atoms with van der Waals surface area (Å²) < 4.78 is 0. The van der Waals surface area contributed by atoms with E-state index in [4.69, 9.17) is 11.6 Å². The summed E-state index contributed by atoms with van der Waals surface area (Å²) in [6.07, 6.45) is 0. The second-order valence-corrected chi connectivity index (χ2v) is 6.05. The van der Waals surface area contributed by atoms with E-state index in [0.29, 0.717) is 5.02 Å². The molecule has 1 amide bonds. The van der Waals surface area contributed by atoms with E-state index in [9.17, 15) is 9.90 Å². The molecule has 1 unspecified atom stereocenters. The van der Waals surface area contributed by atoms with Gasteiger partial charge in [-0.2, -0.15) is 0 Å². The molecule has 2 rings (SSSR count). The van der Waals surface area contributed by atoms with Crippen molar-refractivity contribution in [2.24, 2.45) is 0 Å². The molecular formula is C16H16ClNO2S. The molecule has 110 valence electrons. The summed E-state index contributed by atoms with van der Waals surface area (Å²) in [7, 11) is 0. The van der Waals surface area contributed by atoms with Crippen LogP contribution < -0.4 is 5.32 Å². The fourth-order valence-corrected chi connectivity index (χ4v) is 2.97. The molecule has 0 aliphatic heterocycles. The van der Waals surface area contributed by atoms with Gasteiger partial charge in [0.15, 0.2) is 0 Å². The third-order valence-electron chi connectivity index (χ3n) is 2.94. The average molecular weight is 322 g/mol. The molecule has 1 atom stereocenters. The molecule has 0 saturated heterocycles. The predicted molar refractivity (Wildman–Crippen MR) is 86.8 cm³/mol. The molecule has 0 fully saturated rings. The highest BCUT2D eigenvalue weighted by molar-refractivity contribution is 8.00. The number of aromatic hydroxyl groups is 1. The first-order valence-electron chi connectivity index (χ1n) is 6.52. The second kappa shape index (κ2) is 7.38. The predicted octanol–water partition coefficient (Wildman–Crippen LogP) is 4.02. The van der Waals surface area contributed by atoms with Crippen LogP contribution in [0.2, 0.25) is 5.02 Å². The summed E-state index contributed by atoms with van der Waals surface area (Å²) in [5.74, 6) is 0.415.